The maximum Gasteiger partial charge on any atom is 0.250 e. The number of rotatable bonds is 7. The van der Waals surface area contributed by atoms with Crippen molar-refractivity contribution in [2.45, 2.75) is 18.6 Å². The van der Waals surface area contributed by atoms with Crippen LogP contribution in [0.15, 0.2) is 83.1 Å². The van der Waals surface area contributed by atoms with Gasteiger partial charge in [0.05, 0.1) is 29.5 Å². The summed E-state index contributed by atoms with van der Waals surface area (Å²) in [5.41, 5.74) is 7.75. The maximum atomic E-state index is 12.3. The van der Waals surface area contributed by atoms with E-state index in [4.69, 9.17) is 16.6 Å². The fraction of sp³-hybridized carbons (Fsp3) is 0.125. The molecule has 7 heteroatoms. The smallest absolute Gasteiger partial charge is 0.250 e. The first kappa shape index (κ1) is 21.2. The van der Waals surface area contributed by atoms with Crippen LogP contribution in [-0.2, 0) is 11.3 Å². The summed E-state index contributed by atoms with van der Waals surface area (Å²) in [6, 6.07) is 23.7. The second-order valence-corrected chi connectivity index (χ2v) is 8.47. The summed E-state index contributed by atoms with van der Waals surface area (Å²) in [4.78, 5) is 17.0. The van der Waals surface area contributed by atoms with Crippen molar-refractivity contribution in [3.8, 4) is 0 Å². The first-order valence-corrected chi connectivity index (χ1v) is 11.2. The Balaban J connectivity index is 1.45. The normalized spacial score (nSPS) is 11.3. The Kier molecular flexibility index (Phi) is 6.70. The van der Waals surface area contributed by atoms with Crippen molar-refractivity contribution in [1.29, 1.82) is 0 Å². The highest BCUT2D eigenvalue weighted by atomic mass is 35.5. The van der Waals surface area contributed by atoms with Crippen molar-refractivity contribution in [3.63, 3.8) is 0 Å². The number of hydrazone groups is 1. The standard InChI is InChI=1S/C24H21ClN4OS/c1-17-9-11-18(12-10-17)15-29-22-8-3-2-7-21(22)27-24(29)31-16-23(30)28-26-14-19-5-4-6-20(25)13-19/h2-14H,15-16H2,1H3,(H,28,30)/b26-14-. The van der Waals surface area contributed by atoms with Gasteiger partial charge in [-0.3, -0.25) is 4.79 Å². The van der Waals surface area contributed by atoms with Crippen LogP contribution < -0.4 is 5.43 Å². The molecular formula is C24H21ClN4OS. The summed E-state index contributed by atoms with van der Waals surface area (Å²) in [5, 5.41) is 5.44. The molecule has 0 atom stereocenters. The van der Waals surface area contributed by atoms with Crippen LogP contribution in [0.4, 0.5) is 0 Å². The van der Waals surface area contributed by atoms with Gasteiger partial charge in [-0.15, -0.1) is 0 Å². The lowest BCUT2D eigenvalue weighted by molar-refractivity contribution is -0.118. The molecule has 0 aliphatic carbocycles. The predicted molar refractivity (Wildman–Crippen MR) is 128 cm³/mol. The van der Waals surface area contributed by atoms with Gasteiger partial charge in [-0.25, -0.2) is 10.4 Å². The zero-order valence-electron chi connectivity index (χ0n) is 17.0. The molecule has 0 aliphatic heterocycles. The van der Waals surface area contributed by atoms with E-state index in [1.165, 1.54) is 22.9 Å². The molecule has 156 valence electrons. The molecule has 0 fully saturated rings. The molecule has 3 aromatic carbocycles. The number of imidazole rings is 1. The van der Waals surface area contributed by atoms with Gasteiger partial charge in [0.2, 0.25) is 0 Å². The van der Waals surface area contributed by atoms with E-state index in [-0.39, 0.29) is 11.7 Å². The summed E-state index contributed by atoms with van der Waals surface area (Å²) < 4.78 is 2.15. The summed E-state index contributed by atoms with van der Waals surface area (Å²) in [6.45, 7) is 2.77. The fourth-order valence-corrected chi connectivity index (χ4v) is 4.13. The van der Waals surface area contributed by atoms with Gasteiger partial charge < -0.3 is 4.57 Å². The van der Waals surface area contributed by atoms with E-state index in [0.29, 0.717) is 11.6 Å². The van der Waals surface area contributed by atoms with Gasteiger partial charge in [0, 0.05) is 5.02 Å². The molecule has 0 saturated heterocycles. The van der Waals surface area contributed by atoms with Crippen LogP contribution >= 0.6 is 23.4 Å². The average Bonchev–Trinajstić information content (AvgIpc) is 3.11. The lowest BCUT2D eigenvalue weighted by Crippen LogP contribution is -2.20. The van der Waals surface area contributed by atoms with Crippen molar-refractivity contribution >= 4 is 46.5 Å². The van der Waals surface area contributed by atoms with Crippen LogP contribution in [0, 0.1) is 6.92 Å². The Labute approximate surface area is 190 Å². The second-order valence-electron chi connectivity index (χ2n) is 7.09. The minimum atomic E-state index is -0.197. The Morgan fingerprint density at radius 3 is 2.74 bits per heavy atom. The predicted octanol–water partition coefficient (Wildman–Crippen LogP) is 5.29. The van der Waals surface area contributed by atoms with E-state index in [1.807, 2.05) is 30.3 Å². The average molecular weight is 449 g/mol. The number of carbonyl (C=O) groups is 1. The summed E-state index contributed by atoms with van der Waals surface area (Å²) in [5.74, 6) is 0.0154. The van der Waals surface area contributed by atoms with E-state index in [9.17, 15) is 4.79 Å². The van der Waals surface area contributed by atoms with Crippen molar-refractivity contribution in [3.05, 3.63) is 94.5 Å². The summed E-state index contributed by atoms with van der Waals surface area (Å²) in [7, 11) is 0. The number of aromatic nitrogens is 2. The van der Waals surface area contributed by atoms with Crippen molar-refractivity contribution in [1.82, 2.24) is 15.0 Å². The lowest BCUT2D eigenvalue weighted by atomic mass is 10.1. The molecule has 4 rings (SSSR count). The minimum absolute atomic E-state index is 0.197. The third kappa shape index (κ3) is 5.54. The molecule has 1 heterocycles. The number of para-hydroxylation sites is 2. The topological polar surface area (TPSA) is 59.3 Å². The summed E-state index contributed by atoms with van der Waals surface area (Å²) in [6.07, 6.45) is 1.57. The fourth-order valence-electron chi connectivity index (χ4n) is 3.12. The van der Waals surface area contributed by atoms with Gasteiger partial charge in [0.1, 0.15) is 0 Å². The van der Waals surface area contributed by atoms with Crippen LogP contribution in [-0.4, -0.2) is 27.4 Å². The number of amides is 1. The van der Waals surface area contributed by atoms with Gasteiger partial charge in [0.15, 0.2) is 5.16 Å². The van der Waals surface area contributed by atoms with Gasteiger partial charge in [-0.05, 0) is 42.3 Å². The number of hydrogen-bond donors (Lipinski definition) is 1. The molecule has 0 bridgehead atoms. The minimum Gasteiger partial charge on any atom is -0.314 e. The third-order valence-corrected chi connectivity index (χ3v) is 5.88. The van der Waals surface area contributed by atoms with E-state index < -0.39 is 0 Å². The highest BCUT2D eigenvalue weighted by molar-refractivity contribution is 7.99. The van der Waals surface area contributed by atoms with E-state index >= 15 is 0 Å². The monoisotopic (exact) mass is 448 g/mol. The Bertz CT molecular complexity index is 1230. The number of nitrogens with one attached hydrogen (secondary N) is 1. The highest BCUT2D eigenvalue weighted by Gasteiger charge is 2.13. The Hall–Kier alpha value is -3.09. The molecule has 4 aromatic rings. The molecule has 0 spiro atoms. The van der Waals surface area contributed by atoms with Crippen molar-refractivity contribution in [2.75, 3.05) is 5.75 Å². The number of aryl methyl sites for hydroxylation is 1. The van der Waals surface area contributed by atoms with Crippen LogP contribution in [0.3, 0.4) is 0 Å². The quantitative estimate of drug-likeness (QED) is 0.237. The van der Waals surface area contributed by atoms with Crippen LogP contribution in [0.5, 0.6) is 0 Å². The first-order valence-electron chi connectivity index (χ1n) is 9.79. The van der Waals surface area contributed by atoms with E-state index in [2.05, 4.69) is 52.3 Å². The number of fused-ring (bicyclic) bond motifs is 1. The van der Waals surface area contributed by atoms with Crippen molar-refractivity contribution in [2.24, 2.45) is 5.10 Å². The second kappa shape index (κ2) is 9.81. The number of nitrogens with zero attached hydrogens (tertiary/aromatic N) is 3. The molecule has 31 heavy (non-hydrogen) atoms. The van der Waals surface area contributed by atoms with Crippen molar-refractivity contribution < 1.29 is 4.79 Å². The largest absolute Gasteiger partial charge is 0.314 e. The zero-order chi connectivity index (χ0) is 21.6. The van der Waals surface area contributed by atoms with Crippen LogP contribution in [0.1, 0.15) is 16.7 Å². The van der Waals surface area contributed by atoms with E-state index in [0.717, 1.165) is 21.8 Å². The number of thioether (sulfide) groups is 1. The van der Waals surface area contributed by atoms with Crippen LogP contribution in [0.25, 0.3) is 11.0 Å². The molecule has 0 unspecified atom stereocenters. The number of carbonyl (C=O) groups excluding carboxylic acids is 1. The van der Waals surface area contributed by atoms with Crippen LogP contribution in [0.2, 0.25) is 5.02 Å². The summed E-state index contributed by atoms with van der Waals surface area (Å²) >= 11 is 7.35. The molecular weight excluding hydrogens is 428 g/mol. The van der Waals surface area contributed by atoms with Gasteiger partial charge in [0.25, 0.3) is 5.91 Å². The molecule has 1 amide bonds. The molecule has 0 saturated carbocycles. The van der Waals surface area contributed by atoms with E-state index in [1.54, 1.807) is 18.3 Å². The first-order chi connectivity index (χ1) is 15.1. The SMILES string of the molecule is Cc1ccc(Cn2c(SCC(=O)N/N=C\c3cccc(Cl)c3)nc3ccccc32)cc1. The number of benzene rings is 3. The Morgan fingerprint density at radius 2 is 1.94 bits per heavy atom. The zero-order valence-corrected chi connectivity index (χ0v) is 18.5. The molecule has 1 aromatic heterocycles. The molecule has 1 N–H and O–H groups in total. The number of halogens is 1. The molecule has 5 nitrogen and oxygen atoms in total. The molecule has 0 radical (unpaired) electrons. The lowest BCUT2D eigenvalue weighted by Gasteiger charge is -2.09. The number of hydrogen-bond acceptors (Lipinski definition) is 4. The molecule has 0 aliphatic rings. The third-order valence-electron chi connectivity index (χ3n) is 4.66. The van der Waals surface area contributed by atoms with Gasteiger partial charge >= 0.3 is 0 Å². The van der Waals surface area contributed by atoms with Gasteiger partial charge in [-0.2, -0.15) is 5.10 Å². The highest BCUT2D eigenvalue weighted by Crippen LogP contribution is 2.25. The van der Waals surface area contributed by atoms with Gasteiger partial charge in [-0.1, -0.05) is 77.5 Å². The maximum absolute atomic E-state index is 12.3. The Morgan fingerprint density at radius 1 is 1.13 bits per heavy atom.